The number of carbonyl (C=O) groups excluding carboxylic acids is 1. The first-order valence-corrected chi connectivity index (χ1v) is 7.59. The van der Waals surface area contributed by atoms with Crippen LogP contribution in [0.25, 0.3) is 0 Å². The minimum Gasteiger partial charge on any atom is -0.488 e. The molecule has 1 aliphatic heterocycles. The summed E-state index contributed by atoms with van der Waals surface area (Å²) >= 11 is 0. The number of amides is 1. The number of benzene rings is 1. The van der Waals surface area contributed by atoms with Gasteiger partial charge in [-0.2, -0.15) is 0 Å². The maximum Gasteiger partial charge on any atom is 0.224 e. The fraction of sp³-hybridized carbons (Fsp3) is 0.588. The lowest BCUT2D eigenvalue weighted by molar-refractivity contribution is -0.120. The number of ether oxygens (including phenoxy) is 1. The molecule has 0 saturated heterocycles. The van der Waals surface area contributed by atoms with E-state index in [1.165, 1.54) is 18.4 Å². The Morgan fingerprint density at radius 1 is 1.40 bits per heavy atom. The van der Waals surface area contributed by atoms with Crippen molar-refractivity contribution in [3.63, 3.8) is 0 Å². The third kappa shape index (κ3) is 3.33. The van der Waals surface area contributed by atoms with Crippen molar-refractivity contribution in [3.05, 3.63) is 29.3 Å². The summed E-state index contributed by atoms with van der Waals surface area (Å²) in [5.41, 5.74) is 2.24. The molecule has 108 valence electrons. The van der Waals surface area contributed by atoms with Gasteiger partial charge >= 0.3 is 0 Å². The Hall–Kier alpha value is -1.51. The molecule has 0 atom stereocenters. The van der Waals surface area contributed by atoms with Crippen molar-refractivity contribution in [2.24, 2.45) is 5.92 Å². The average molecular weight is 273 g/mol. The lowest BCUT2D eigenvalue weighted by Crippen LogP contribution is -2.32. The van der Waals surface area contributed by atoms with E-state index in [0.29, 0.717) is 6.42 Å². The summed E-state index contributed by atoms with van der Waals surface area (Å²) in [6.07, 6.45) is 5.07. The molecule has 3 rings (SSSR count). The van der Waals surface area contributed by atoms with Crippen molar-refractivity contribution in [1.29, 1.82) is 0 Å². The van der Waals surface area contributed by atoms with Gasteiger partial charge in [0, 0.05) is 6.54 Å². The fourth-order valence-corrected chi connectivity index (χ4v) is 2.65. The molecule has 1 fully saturated rings. The number of fused-ring (bicyclic) bond motifs is 1. The lowest BCUT2D eigenvalue weighted by Gasteiger charge is -2.32. The molecular weight excluding hydrogens is 250 g/mol. The summed E-state index contributed by atoms with van der Waals surface area (Å²) < 4.78 is 5.97. The van der Waals surface area contributed by atoms with Crippen LogP contribution in [0.1, 0.15) is 44.2 Å². The molecule has 0 radical (unpaired) electrons. The van der Waals surface area contributed by atoms with Crippen LogP contribution in [0.15, 0.2) is 18.2 Å². The quantitative estimate of drug-likeness (QED) is 0.916. The molecule has 0 unspecified atom stereocenters. The maximum absolute atomic E-state index is 11.9. The number of nitrogens with one attached hydrogen (secondary N) is 1. The van der Waals surface area contributed by atoms with Crippen LogP contribution in [0, 0.1) is 5.92 Å². The standard InChI is InChI=1S/C17H23NO2/c1-17(2)8-7-14-9-13(5-6-15(14)20-17)10-16(19)18-11-12-3-4-12/h5-6,9,12H,3-4,7-8,10-11H2,1-2H3,(H,18,19). The van der Waals surface area contributed by atoms with Crippen molar-refractivity contribution in [3.8, 4) is 5.75 Å². The minimum absolute atomic E-state index is 0.0733. The number of carbonyl (C=O) groups is 1. The van der Waals surface area contributed by atoms with Gasteiger partial charge in [-0.05, 0) is 62.6 Å². The van der Waals surface area contributed by atoms with E-state index in [9.17, 15) is 4.79 Å². The second-order valence-electron chi connectivity index (χ2n) is 6.73. The fourth-order valence-electron chi connectivity index (χ4n) is 2.65. The van der Waals surface area contributed by atoms with Crippen LogP contribution >= 0.6 is 0 Å². The van der Waals surface area contributed by atoms with E-state index in [2.05, 4.69) is 25.2 Å². The molecule has 3 heteroatoms. The normalized spacial score (nSPS) is 19.9. The molecule has 1 aromatic rings. The highest BCUT2D eigenvalue weighted by molar-refractivity contribution is 5.78. The molecule has 0 aromatic heterocycles. The molecule has 1 N–H and O–H groups in total. The largest absolute Gasteiger partial charge is 0.488 e. The number of hydrogen-bond acceptors (Lipinski definition) is 2. The summed E-state index contributed by atoms with van der Waals surface area (Å²) in [5, 5.41) is 3.02. The summed E-state index contributed by atoms with van der Waals surface area (Å²) in [5.74, 6) is 1.84. The maximum atomic E-state index is 11.9. The summed E-state index contributed by atoms with van der Waals surface area (Å²) in [7, 11) is 0. The van der Waals surface area contributed by atoms with Crippen LogP contribution < -0.4 is 10.1 Å². The third-order valence-corrected chi connectivity index (χ3v) is 4.16. The Morgan fingerprint density at radius 3 is 2.95 bits per heavy atom. The smallest absolute Gasteiger partial charge is 0.224 e. The second-order valence-corrected chi connectivity index (χ2v) is 6.73. The molecule has 1 aromatic carbocycles. The topological polar surface area (TPSA) is 38.3 Å². The van der Waals surface area contributed by atoms with E-state index >= 15 is 0 Å². The zero-order valence-electron chi connectivity index (χ0n) is 12.4. The van der Waals surface area contributed by atoms with E-state index < -0.39 is 0 Å². The Kier molecular flexibility index (Phi) is 3.45. The van der Waals surface area contributed by atoms with Gasteiger partial charge in [0.05, 0.1) is 6.42 Å². The minimum atomic E-state index is -0.0733. The van der Waals surface area contributed by atoms with E-state index in [0.717, 1.165) is 36.6 Å². The molecule has 1 amide bonds. The van der Waals surface area contributed by atoms with Gasteiger partial charge in [0.1, 0.15) is 11.4 Å². The predicted molar refractivity (Wildman–Crippen MR) is 78.9 cm³/mol. The van der Waals surface area contributed by atoms with E-state index in [1.54, 1.807) is 0 Å². The molecule has 1 heterocycles. The monoisotopic (exact) mass is 273 g/mol. The SMILES string of the molecule is CC1(C)CCc2cc(CC(=O)NCC3CC3)ccc2O1. The molecule has 1 aliphatic carbocycles. The first-order chi connectivity index (χ1) is 9.52. The van der Waals surface area contributed by atoms with Crippen LogP contribution in [-0.4, -0.2) is 18.1 Å². The number of aryl methyl sites for hydroxylation is 1. The molecule has 0 spiro atoms. The van der Waals surface area contributed by atoms with Crippen LogP contribution in [0.3, 0.4) is 0 Å². The van der Waals surface area contributed by atoms with Crippen LogP contribution in [0.2, 0.25) is 0 Å². The highest BCUT2D eigenvalue weighted by atomic mass is 16.5. The van der Waals surface area contributed by atoms with Crippen molar-refractivity contribution < 1.29 is 9.53 Å². The Balaban J connectivity index is 1.61. The van der Waals surface area contributed by atoms with Gasteiger partial charge in [0.2, 0.25) is 5.91 Å². The van der Waals surface area contributed by atoms with Crippen LogP contribution in [0.4, 0.5) is 0 Å². The van der Waals surface area contributed by atoms with Crippen LogP contribution in [-0.2, 0) is 17.6 Å². The van der Waals surface area contributed by atoms with Crippen molar-refractivity contribution in [2.75, 3.05) is 6.54 Å². The van der Waals surface area contributed by atoms with Gasteiger partial charge in [-0.3, -0.25) is 4.79 Å². The van der Waals surface area contributed by atoms with Gasteiger partial charge < -0.3 is 10.1 Å². The van der Waals surface area contributed by atoms with Gasteiger partial charge in [-0.25, -0.2) is 0 Å². The van der Waals surface area contributed by atoms with Crippen LogP contribution in [0.5, 0.6) is 5.75 Å². The highest BCUT2D eigenvalue weighted by Crippen LogP contribution is 2.33. The van der Waals surface area contributed by atoms with E-state index in [4.69, 9.17) is 4.74 Å². The molecular formula is C17H23NO2. The number of rotatable bonds is 4. The molecule has 2 aliphatic rings. The Labute approximate surface area is 120 Å². The zero-order chi connectivity index (χ0) is 14.2. The zero-order valence-corrected chi connectivity index (χ0v) is 12.4. The van der Waals surface area contributed by atoms with Crippen molar-refractivity contribution in [1.82, 2.24) is 5.32 Å². The first-order valence-electron chi connectivity index (χ1n) is 7.59. The van der Waals surface area contributed by atoms with Crippen molar-refractivity contribution >= 4 is 5.91 Å². The summed E-state index contributed by atoms with van der Waals surface area (Å²) in [4.78, 5) is 11.9. The summed E-state index contributed by atoms with van der Waals surface area (Å²) in [6.45, 7) is 5.09. The van der Waals surface area contributed by atoms with Gasteiger partial charge in [-0.15, -0.1) is 0 Å². The number of hydrogen-bond donors (Lipinski definition) is 1. The highest BCUT2D eigenvalue weighted by Gasteiger charge is 2.26. The van der Waals surface area contributed by atoms with Gasteiger partial charge in [0.25, 0.3) is 0 Å². The average Bonchev–Trinajstić information content (AvgIpc) is 3.20. The molecule has 0 bridgehead atoms. The Bertz CT molecular complexity index is 518. The first kappa shape index (κ1) is 13.5. The second kappa shape index (κ2) is 5.12. The predicted octanol–water partition coefficient (Wildman–Crippen LogP) is 2.86. The molecule has 3 nitrogen and oxygen atoms in total. The molecule has 1 saturated carbocycles. The van der Waals surface area contributed by atoms with Gasteiger partial charge in [-0.1, -0.05) is 12.1 Å². The summed E-state index contributed by atoms with van der Waals surface area (Å²) in [6, 6.07) is 6.15. The van der Waals surface area contributed by atoms with E-state index in [1.807, 2.05) is 12.1 Å². The van der Waals surface area contributed by atoms with Crippen molar-refractivity contribution in [2.45, 2.75) is 51.6 Å². The third-order valence-electron chi connectivity index (χ3n) is 4.16. The van der Waals surface area contributed by atoms with Gasteiger partial charge in [0.15, 0.2) is 0 Å². The lowest BCUT2D eigenvalue weighted by atomic mass is 9.93. The van der Waals surface area contributed by atoms with E-state index in [-0.39, 0.29) is 11.5 Å². The molecule has 20 heavy (non-hydrogen) atoms. The Morgan fingerprint density at radius 2 is 2.20 bits per heavy atom.